The van der Waals surface area contributed by atoms with Crippen molar-refractivity contribution in [3.05, 3.63) is 0 Å². The Morgan fingerprint density at radius 2 is 2.08 bits per heavy atom. The van der Waals surface area contributed by atoms with Crippen LogP contribution >= 0.6 is 12.6 Å². The first-order valence-electron chi connectivity index (χ1n) is 4.46. The molecule has 0 aliphatic heterocycles. The average molecular weight is 188 g/mol. The van der Waals surface area contributed by atoms with Crippen molar-refractivity contribution in [2.45, 2.75) is 43.8 Å². The van der Waals surface area contributed by atoms with Gasteiger partial charge in [-0.05, 0) is 31.6 Å². The van der Waals surface area contributed by atoms with Crippen LogP contribution in [-0.4, -0.2) is 15.8 Å². The number of thiol groups is 1. The van der Waals surface area contributed by atoms with Crippen LogP contribution < -0.4 is 0 Å². The van der Waals surface area contributed by atoms with Gasteiger partial charge in [-0.1, -0.05) is 6.92 Å². The Morgan fingerprint density at radius 3 is 2.50 bits per heavy atom. The zero-order chi connectivity index (χ0) is 9.19. The molecule has 0 bridgehead atoms. The Labute approximate surface area is 78.8 Å². The highest BCUT2D eigenvalue weighted by Gasteiger charge is 2.32. The average Bonchev–Trinajstić information content (AvgIpc) is 1.94. The third-order valence-electron chi connectivity index (χ3n) is 2.69. The maximum Gasteiger partial charge on any atom is 0.304 e. The summed E-state index contributed by atoms with van der Waals surface area (Å²) in [7, 11) is 0. The number of carbonyl (C=O) groups is 1. The molecule has 1 aliphatic rings. The second-order valence-corrected chi connectivity index (χ2v) is 4.93. The van der Waals surface area contributed by atoms with Crippen molar-refractivity contribution in [2.24, 2.45) is 5.92 Å². The topological polar surface area (TPSA) is 37.3 Å². The summed E-state index contributed by atoms with van der Waals surface area (Å²) in [4.78, 5) is 10.5. The summed E-state index contributed by atoms with van der Waals surface area (Å²) >= 11 is 4.45. The third kappa shape index (κ3) is 2.70. The van der Waals surface area contributed by atoms with Crippen LogP contribution in [0.15, 0.2) is 0 Å². The molecule has 3 heteroatoms. The van der Waals surface area contributed by atoms with E-state index < -0.39 is 5.97 Å². The number of carboxylic acid groups (broad SMARTS) is 1. The molecule has 12 heavy (non-hydrogen) atoms. The van der Waals surface area contributed by atoms with Gasteiger partial charge >= 0.3 is 5.97 Å². The lowest BCUT2D eigenvalue weighted by Gasteiger charge is -2.34. The number of carboxylic acids is 1. The van der Waals surface area contributed by atoms with Gasteiger partial charge in [0.2, 0.25) is 0 Å². The lowest BCUT2D eigenvalue weighted by Crippen LogP contribution is -2.30. The second kappa shape index (κ2) is 3.69. The fourth-order valence-corrected chi connectivity index (χ4v) is 2.15. The maximum absolute atomic E-state index is 10.5. The Kier molecular flexibility index (Phi) is 3.04. The molecule has 0 aromatic rings. The predicted molar refractivity (Wildman–Crippen MR) is 51.6 cm³/mol. The first-order chi connectivity index (χ1) is 5.52. The van der Waals surface area contributed by atoms with Crippen molar-refractivity contribution in [3.8, 4) is 0 Å². The van der Waals surface area contributed by atoms with E-state index in [1.54, 1.807) is 0 Å². The van der Waals surface area contributed by atoms with Gasteiger partial charge in [0, 0.05) is 4.75 Å². The van der Waals surface area contributed by atoms with E-state index in [0.29, 0.717) is 0 Å². The molecule has 0 aromatic carbocycles. The van der Waals surface area contributed by atoms with Crippen LogP contribution in [0.3, 0.4) is 0 Å². The van der Waals surface area contributed by atoms with E-state index in [9.17, 15) is 4.79 Å². The van der Waals surface area contributed by atoms with Gasteiger partial charge in [-0.2, -0.15) is 12.6 Å². The van der Waals surface area contributed by atoms with Gasteiger partial charge in [-0.25, -0.2) is 0 Å². The summed E-state index contributed by atoms with van der Waals surface area (Å²) in [5.41, 5.74) is 0. The molecule has 0 saturated heterocycles. The van der Waals surface area contributed by atoms with E-state index in [-0.39, 0.29) is 11.2 Å². The van der Waals surface area contributed by atoms with Crippen molar-refractivity contribution in [3.63, 3.8) is 0 Å². The van der Waals surface area contributed by atoms with Gasteiger partial charge in [0.1, 0.15) is 0 Å². The van der Waals surface area contributed by atoms with Crippen molar-refractivity contribution < 1.29 is 9.90 Å². The molecule has 0 spiro atoms. The SMILES string of the molecule is CC1CCC(S)(CC(=O)O)CC1. The number of hydrogen-bond donors (Lipinski definition) is 2. The summed E-state index contributed by atoms with van der Waals surface area (Å²) in [6.07, 6.45) is 4.35. The minimum atomic E-state index is -0.723. The van der Waals surface area contributed by atoms with Crippen LogP contribution in [0.1, 0.15) is 39.0 Å². The summed E-state index contributed by atoms with van der Waals surface area (Å²) in [5.74, 6) is 0.0265. The van der Waals surface area contributed by atoms with Gasteiger partial charge in [-0.3, -0.25) is 4.79 Å². The first kappa shape index (κ1) is 9.90. The molecule has 1 saturated carbocycles. The normalized spacial score (nSPS) is 36.3. The highest BCUT2D eigenvalue weighted by atomic mass is 32.1. The largest absolute Gasteiger partial charge is 0.481 e. The number of hydrogen-bond acceptors (Lipinski definition) is 2. The standard InChI is InChI=1S/C9H16O2S/c1-7-2-4-9(12,5-3-7)6-8(10)11/h7,12H,2-6H2,1H3,(H,10,11). The van der Waals surface area contributed by atoms with E-state index in [0.717, 1.165) is 31.6 Å². The van der Waals surface area contributed by atoms with Crippen molar-refractivity contribution in [2.75, 3.05) is 0 Å². The van der Waals surface area contributed by atoms with Crippen molar-refractivity contribution in [1.29, 1.82) is 0 Å². The van der Waals surface area contributed by atoms with Crippen LogP contribution in [0.25, 0.3) is 0 Å². The van der Waals surface area contributed by atoms with Crippen LogP contribution in [-0.2, 0) is 4.79 Å². The Balaban J connectivity index is 2.44. The fourth-order valence-electron chi connectivity index (χ4n) is 1.76. The molecule has 1 fully saturated rings. The molecule has 0 aromatic heterocycles. The van der Waals surface area contributed by atoms with Crippen LogP contribution in [0.2, 0.25) is 0 Å². The minimum absolute atomic E-state index is 0.211. The molecule has 0 radical (unpaired) electrons. The molecule has 1 rings (SSSR count). The van der Waals surface area contributed by atoms with E-state index in [1.165, 1.54) is 0 Å². The predicted octanol–water partition coefficient (Wildman–Crippen LogP) is 2.34. The third-order valence-corrected chi connectivity index (χ3v) is 3.29. The second-order valence-electron chi connectivity index (χ2n) is 3.98. The minimum Gasteiger partial charge on any atom is -0.481 e. The highest BCUT2D eigenvalue weighted by molar-refractivity contribution is 7.81. The summed E-state index contributed by atoms with van der Waals surface area (Å²) < 4.78 is -0.224. The molecular formula is C9H16O2S. The molecule has 1 N–H and O–H groups in total. The van der Waals surface area contributed by atoms with Gasteiger partial charge < -0.3 is 5.11 Å². The van der Waals surface area contributed by atoms with E-state index >= 15 is 0 Å². The first-order valence-corrected chi connectivity index (χ1v) is 4.91. The molecule has 2 nitrogen and oxygen atoms in total. The summed E-state index contributed by atoms with van der Waals surface area (Å²) in [5, 5.41) is 8.65. The van der Waals surface area contributed by atoms with Gasteiger partial charge in [-0.15, -0.1) is 0 Å². The van der Waals surface area contributed by atoms with Gasteiger partial charge in [0.25, 0.3) is 0 Å². The molecule has 0 heterocycles. The molecule has 0 unspecified atom stereocenters. The molecule has 0 amide bonds. The van der Waals surface area contributed by atoms with E-state index in [1.807, 2.05) is 0 Å². The Hall–Kier alpha value is -0.180. The Morgan fingerprint density at radius 1 is 1.58 bits per heavy atom. The number of aliphatic carboxylic acids is 1. The zero-order valence-electron chi connectivity index (χ0n) is 7.42. The quantitative estimate of drug-likeness (QED) is 0.653. The molecule has 1 aliphatic carbocycles. The monoisotopic (exact) mass is 188 g/mol. The van der Waals surface area contributed by atoms with Gasteiger partial charge in [0.05, 0.1) is 6.42 Å². The number of rotatable bonds is 2. The molecular weight excluding hydrogens is 172 g/mol. The lowest BCUT2D eigenvalue weighted by molar-refractivity contribution is -0.137. The fraction of sp³-hybridized carbons (Fsp3) is 0.889. The van der Waals surface area contributed by atoms with Crippen molar-refractivity contribution in [1.82, 2.24) is 0 Å². The smallest absolute Gasteiger partial charge is 0.304 e. The highest BCUT2D eigenvalue weighted by Crippen LogP contribution is 2.38. The zero-order valence-corrected chi connectivity index (χ0v) is 8.31. The lowest BCUT2D eigenvalue weighted by atomic mass is 9.80. The van der Waals surface area contributed by atoms with E-state index in [2.05, 4.69) is 19.6 Å². The molecule has 0 atom stereocenters. The summed E-state index contributed by atoms with van der Waals surface area (Å²) in [6.45, 7) is 2.22. The van der Waals surface area contributed by atoms with Gasteiger partial charge in [0.15, 0.2) is 0 Å². The van der Waals surface area contributed by atoms with Crippen LogP contribution in [0.4, 0.5) is 0 Å². The molecule has 70 valence electrons. The van der Waals surface area contributed by atoms with Crippen LogP contribution in [0, 0.1) is 5.92 Å². The van der Waals surface area contributed by atoms with E-state index in [4.69, 9.17) is 5.11 Å². The Bertz CT molecular complexity index is 171. The van der Waals surface area contributed by atoms with Crippen molar-refractivity contribution >= 4 is 18.6 Å². The maximum atomic E-state index is 10.5. The summed E-state index contributed by atoms with van der Waals surface area (Å²) in [6, 6.07) is 0. The van der Waals surface area contributed by atoms with Crippen LogP contribution in [0.5, 0.6) is 0 Å².